The van der Waals surface area contributed by atoms with Crippen LogP contribution in [0.15, 0.2) is 33.6 Å². The topological polar surface area (TPSA) is 12.0 Å². The number of hydrogen-bond donors (Lipinski definition) is 1. The van der Waals surface area contributed by atoms with Crippen LogP contribution in [0.1, 0.15) is 39.5 Å². The lowest BCUT2D eigenvalue weighted by Gasteiger charge is -2.33. The fourth-order valence-electron chi connectivity index (χ4n) is 3.05. The molecule has 1 N–H and O–H groups in total. The van der Waals surface area contributed by atoms with E-state index in [1.807, 2.05) is 11.8 Å². The van der Waals surface area contributed by atoms with Crippen molar-refractivity contribution in [2.45, 2.75) is 50.5 Å². The summed E-state index contributed by atoms with van der Waals surface area (Å²) < 4.78 is 1.22. The molecule has 0 heterocycles. The molecule has 1 aliphatic rings. The number of hydrogen-bond acceptors (Lipinski definition) is 2. The Morgan fingerprint density at radius 1 is 1.25 bits per heavy atom. The molecule has 1 nitrogen and oxygen atoms in total. The van der Waals surface area contributed by atoms with Crippen molar-refractivity contribution >= 4 is 27.7 Å². The van der Waals surface area contributed by atoms with Crippen LogP contribution >= 0.6 is 27.7 Å². The number of halogens is 1. The molecule has 0 bridgehead atoms. The minimum Gasteiger partial charge on any atom is -0.313 e. The number of thioether (sulfide) groups is 1. The Hall–Kier alpha value is 0.01000. The van der Waals surface area contributed by atoms with Gasteiger partial charge in [-0.1, -0.05) is 38.8 Å². The Bertz CT molecular complexity index is 402. The highest BCUT2D eigenvalue weighted by Gasteiger charge is 2.25. The highest BCUT2D eigenvalue weighted by Crippen LogP contribution is 2.34. The highest BCUT2D eigenvalue weighted by molar-refractivity contribution is 9.10. The number of nitrogens with one attached hydrogen (secondary N) is 1. The van der Waals surface area contributed by atoms with E-state index in [1.165, 1.54) is 40.8 Å². The van der Waals surface area contributed by atoms with Gasteiger partial charge in [0.2, 0.25) is 0 Å². The van der Waals surface area contributed by atoms with Crippen molar-refractivity contribution in [3.63, 3.8) is 0 Å². The second-order valence-corrected chi connectivity index (χ2v) is 7.84. The molecule has 2 rings (SSSR count). The van der Waals surface area contributed by atoms with Crippen LogP contribution in [0, 0.1) is 11.8 Å². The van der Waals surface area contributed by atoms with Crippen LogP contribution < -0.4 is 5.32 Å². The molecular formula is C17H26BrNS. The maximum absolute atomic E-state index is 3.72. The zero-order valence-electron chi connectivity index (χ0n) is 12.6. The van der Waals surface area contributed by atoms with Gasteiger partial charge in [0.15, 0.2) is 0 Å². The predicted octanol–water partition coefficient (Wildman–Crippen LogP) is 5.35. The average Bonchev–Trinajstić information content (AvgIpc) is 2.46. The second kappa shape index (κ2) is 8.45. The number of benzene rings is 1. The van der Waals surface area contributed by atoms with Crippen molar-refractivity contribution in [3.05, 3.63) is 28.7 Å². The SMILES string of the molecule is CCNC(CSc1ccccc1Br)C1CCC(C)CC1. The third-order valence-electron chi connectivity index (χ3n) is 4.35. The van der Waals surface area contributed by atoms with Crippen LogP contribution in [0.3, 0.4) is 0 Å². The number of rotatable bonds is 6. The molecule has 1 aromatic rings. The molecule has 112 valence electrons. The minimum atomic E-state index is 0.657. The molecule has 0 aliphatic heterocycles. The maximum atomic E-state index is 3.72. The van der Waals surface area contributed by atoms with E-state index in [1.54, 1.807) is 0 Å². The molecule has 0 amide bonds. The Labute approximate surface area is 136 Å². The summed E-state index contributed by atoms with van der Waals surface area (Å²) in [5, 5.41) is 3.72. The van der Waals surface area contributed by atoms with E-state index in [4.69, 9.17) is 0 Å². The summed E-state index contributed by atoms with van der Waals surface area (Å²) in [6, 6.07) is 9.20. The lowest BCUT2D eigenvalue weighted by Crippen LogP contribution is -2.39. The van der Waals surface area contributed by atoms with Gasteiger partial charge in [-0.05, 0) is 59.3 Å². The molecule has 1 aromatic carbocycles. The van der Waals surface area contributed by atoms with E-state index in [-0.39, 0.29) is 0 Å². The first-order chi connectivity index (χ1) is 9.70. The van der Waals surface area contributed by atoms with E-state index >= 15 is 0 Å². The van der Waals surface area contributed by atoms with Crippen molar-refractivity contribution in [2.75, 3.05) is 12.3 Å². The molecule has 0 aromatic heterocycles. The van der Waals surface area contributed by atoms with Gasteiger partial charge >= 0.3 is 0 Å². The van der Waals surface area contributed by atoms with Gasteiger partial charge < -0.3 is 5.32 Å². The summed E-state index contributed by atoms with van der Waals surface area (Å²) in [6.07, 6.45) is 5.61. The van der Waals surface area contributed by atoms with Gasteiger partial charge in [0.1, 0.15) is 0 Å². The van der Waals surface area contributed by atoms with Gasteiger partial charge in [-0.2, -0.15) is 0 Å². The first-order valence-electron chi connectivity index (χ1n) is 7.81. The summed E-state index contributed by atoms with van der Waals surface area (Å²) in [7, 11) is 0. The van der Waals surface area contributed by atoms with Gasteiger partial charge in [0, 0.05) is 21.2 Å². The third kappa shape index (κ3) is 4.78. The van der Waals surface area contributed by atoms with Crippen LogP contribution in [-0.4, -0.2) is 18.3 Å². The van der Waals surface area contributed by atoms with Gasteiger partial charge in [-0.3, -0.25) is 0 Å². The fourth-order valence-corrected chi connectivity index (χ4v) is 4.81. The third-order valence-corrected chi connectivity index (χ3v) is 6.50. The fraction of sp³-hybridized carbons (Fsp3) is 0.647. The molecular weight excluding hydrogens is 330 g/mol. The molecule has 0 saturated heterocycles. The summed E-state index contributed by atoms with van der Waals surface area (Å²) in [5.74, 6) is 2.97. The van der Waals surface area contributed by atoms with Crippen molar-refractivity contribution < 1.29 is 0 Å². The standard InChI is InChI=1S/C17H26BrNS/c1-3-19-16(14-10-8-13(2)9-11-14)12-20-17-7-5-4-6-15(17)18/h4-7,13-14,16,19H,3,8-12H2,1-2H3. The molecule has 1 aliphatic carbocycles. The molecule has 3 heteroatoms. The predicted molar refractivity (Wildman–Crippen MR) is 93.5 cm³/mol. The monoisotopic (exact) mass is 355 g/mol. The van der Waals surface area contributed by atoms with Gasteiger partial charge in [-0.15, -0.1) is 11.8 Å². The Kier molecular flexibility index (Phi) is 6.92. The van der Waals surface area contributed by atoms with Crippen LogP contribution in [0.25, 0.3) is 0 Å². The molecule has 1 unspecified atom stereocenters. The minimum absolute atomic E-state index is 0.657. The first kappa shape index (κ1) is 16.4. The molecule has 20 heavy (non-hydrogen) atoms. The Balaban J connectivity index is 1.90. The van der Waals surface area contributed by atoms with Crippen molar-refractivity contribution in [1.29, 1.82) is 0 Å². The van der Waals surface area contributed by atoms with Crippen molar-refractivity contribution in [3.8, 4) is 0 Å². The largest absolute Gasteiger partial charge is 0.313 e. The lowest BCUT2D eigenvalue weighted by atomic mass is 9.79. The van der Waals surface area contributed by atoms with Crippen LogP contribution in [0.5, 0.6) is 0 Å². The van der Waals surface area contributed by atoms with E-state index < -0.39 is 0 Å². The normalized spacial score (nSPS) is 24.6. The molecule has 0 spiro atoms. The van der Waals surface area contributed by atoms with Crippen LogP contribution in [0.2, 0.25) is 0 Å². The van der Waals surface area contributed by atoms with Crippen LogP contribution in [-0.2, 0) is 0 Å². The summed E-state index contributed by atoms with van der Waals surface area (Å²) in [6.45, 7) is 5.70. The highest BCUT2D eigenvalue weighted by atomic mass is 79.9. The Morgan fingerprint density at radius 3 is 2.60 bits per heavy atom. The van der Waals surface area contributed by atoms with E-state index in [2.05, 4.69) is 59.4 Å². The van der Waals surface area contributed by atoms with E-state index in [0.717, 1.165) is 18.4 Å². The Morgan fingerprint density at radius 2 is 1.95 bits per heavy atom. The first-order valence-corrected chi connectivity index (χ1v) is 9.59. The quantitative estimate of drug-likeness (QED) is 0.690. The average molecular weight is 356 g/mol. The van der Waals surface area contributed by atoms with Gasteiger partial charge in [-0.25, -0.2) is 0 Å². The zero-order valence-corrected chi connectivity index (χ0v) is 15.0. The molecule has 0 radical (unpaired) electrons. The molecule has 1 fully saturated rings. The smallest absolute Gasteiger partial charge is 0.0311 e. The van der Waals surface area contributed by atoms with Crippen molar-refractivity contribution in [2.24, 2.45) is 11.8 Å². The summed E-state index contributed by atoms with van der Waals surface area (Å²) in [5.41, 5.74) is 0. The van der Waals surface area contributed by atoms with Crippen LogP contribution in [0.4, 0.5) is 0 Å². The summed E-state index contributed by atoms with van der Waals surface area (Å²) >= 11 is 5.63. The zero-order chi connectivity index (χ0) is 14.4. The van der Waals surface area contributed by atoms with E-state index in [9.17, 15) is 0 Å². The molecule has 1 atom stereocenters. The lowest BCUT2D eigenvalue weighted by molar-refractivity contribution is 0.243. The second-order valence-electron chi connectivity index (χ2n) is 5.93. The van der Waals surface area contributed by atoms with Gasteiger partial charge in [0.05, 0.1) is 0 Å². The van der Waals surface area contributed by atoms with Gasteiger partial charge in [0.25, 0.3) is 0 Å². The van der Waals surface area contributed by atoms with Crippen molar-refractivity contribution in [1.82, 2.24) is 5.32 Å². The summed E-state index contributed by atoms with van der Waals surface area (Å²) in [4.78, 5) is 1.36. The molecule has 1 saturated carbocycles. The van der Waals surface area contributed by atoms with E-state index in [0.29, 0.717) is 6.04 Å². The maximum Gasteiger partial charge on any atom is 0.0311 e.